The third-order valence-corrected chi connectivity index (χ3v) is 4.78. The molecular weight excluding hydrogens is 335 g/mol. The lowest BCUT2D eigenvalue weighted by atomic mass is 10.0. The number of hydrogen-bond donors (Lipinski definition) is 0. The molecule has 3 rings (SSSR count). The minimum absolute atomic E-state index is 0.00256. The van der Waals surface area contributed by atoms with Gasteiger partial charge in [-0.3, -0.25) is 9.59 Å². The molecule has 26 heavy (non-hydrogen) atoms. The minimum atomic E-state index is -0.299. The summed E-state index contributed by atoms with van der Waals surface area (Å²) in [5.74, 6) is -0.0391. The fourth-order valence-corrected chi connectivity index (χ4v) is 3.28. The molecule has 5 nitrogen and oxygen atoms in total. The summed E-state index contributed by atoms with van der Waals surface area (Å²) < 4.78 is 18.4. The van der Waals surface area contributed by atoms with Crippen molar-refractivity contribution in [2.45, 2.75) is 32.9 Å². The van der Waals surface area contributed by atoms with E-state index in [-0.39, 0.29) is 41.8 Å². The largest absolute Gasteiger partial charge is 0.459 e. The van der Waals surface area contributed by atoms with E-state index >= 15 is 0 Å². The molecule has 1 saturated heterocycles. The smallest absolute Gasteiger partial charge is 0.289 e. The van der Waals surface area contributed by atoms with Gasteiger partial charge in [-0.15, -0.1) is 0 Å². The van der Waals surface area contributed by atoms with Crippen LogP contribution in [0.4, 0.5) is 4.39 Å². The molecule has 138 valence electrons. The molecule has 2 heterocycles. The molecule has 1 unspecified atom stereocenters. The van der Waals surface area contributed by atoms with Crippen LogP contribution in [-0.4, -0.2) is 40.7 Å². The van der Waals surface area contributed by atoms with Gasteiger partial charge in [0.25, 0.3) is 5.91 Å². The maximum absolute atomic E-state index is 13.2. The maximum Gasteiger partial charge on any atom is 0.289 e. The van der Waals surface area contributed by atoms with Crippen molar-refractivity contribution in [2.75, 3.05) is 13.1 Å². The molecule has 1 aliphatic rings. The van der Waals surface area contributed by atoms with Crippen molar-refractivity contribution in [1.29, 1.82) is 0 Å². The Hall–Kier alpha value is -2.63. The van der Waals surface area contributed by atoms with Crippen LogP contribution in [0, 0.1) is 11.7 Å². The van der Waals surface area contributed by atoms with E-state index in [0.29, 0.717) is 19.6 Å². The second-order valence-electron chi connectivity index (χ2n) is 6.94. The Morgan fingerprint density at radius 1 is 1.27 bits per heavy atom. The molecule has 1 aliphatic heterocycles. The first-order valence-corrected chi connectivity index (χ1v) is 8.82. The van der Waals surface area contributed by atoms with Crippen molar-refractivity contribution >= 4 is 11.8 Å². The Morgan fingerprint density at radius 3 is 2.62 bits per heavy atom. The minimum Gasteiger partial charge on any atom is -0.459 e. The van der Waals surface area contributed by atoms with Gasteiger partial charge >= 0.3 is 0 Å². The molecule has 0 radical (unpaired) electrons. The molecule has 1 atom stereocenters. The first-order chi connectivity index (χ1) is 12.5. The van der Waals surface area contributed by atoms with E-state index in [1.807, 2.05) is 18.7 Å². The van der Waals surface area contributed by atoms with Crippen LogP contribution in [0.1, 0.15) is 36.4 Å². The number of rotatable bonds is 4. The van der Waals surface area contributed by atoms with Gasteiger partial charge in [-0.25, -0.2) is 4.39 Å². The normalized spacial score (nSPS) is 18.3. The lowest BCUT2D eigenvalue weighted by Gasteiger charge is -2.34. The topological polar surface area (TPSA) is 53.8 Å². The van der Waals surface area contributed by atoms with Crippen LogP contribution in [-0.2, 0) is 11.3 Å². The summed E-state index contributed by atoms with van der Waals surface area (Å²) >= 11 is 0. The Balaban J connectivity index is 1.81. The number of amides is 2. The van der Waals surface area contributed by atoms with E-state index in [1.165, 1.54) is 18.4 Å². The molecule has 1 aromatic heterocycles. The number of carbonyl (C=O) groups is 2. The molecule has 2 aromatic rings. The van der Waals surface area contributed by atoms with E-state index in [1.54, 1.807) is 29.2 Å². The highest BCUT2D eigenvalue weighted by atomic mass is 19.1. The molecule has 0 saturated carbocycles. The van der Waals surface area contributed by atoms with Crippen LogP contribution in [0.5, 0.6) is 0 Å². The van der Waals surface area contributed by atoms with Crippen LogP contribution in [0.2, 0.25) is 0 Å². The van der Waals surface area contributed by atoms with Gasteiger partial charge in [-0.1, -0.05) is 26.0 Å². The summed E-state index contributed by atoms with van der Waals surface area (Å²) in [6.07, 6.45) is 1.73. The molecule has 2 amide bonds. The Morgan fingerprint density at radius 2 is 2.00 bits per heavy atom. The van der Waals surface area contributed by atoms with Crippen molar-refractivity contribution in [3.05, 3.63) is 59.8 Å². The van der Waals surface area contributed by atoms with Gasteiger partial charge in [-0.2, -0.15) is 0 Å². The third kappa shape index (κ3) is 3.95. The molecule has 6 heteroatoms. The summed E-state index contributed by atoms with van der Waals surface area (Å²) in [6.45, 7) is 5.29. The monoisotopic (exact) mass is 358 g/mol. The predicted octanol–water partition coefficient (Wildman–Crippen LogP) is 3.32. The van der Waals surface area contributed by atoms with Crippen LogP contribution < -0.4 is 0 Å². The number of benzene rings is 1. The van der Waals surface area contributed by atoms with Gasteiger partial charge in [0.2, 0.25) is 5.91 Å². The van der Waals surface area contributed by atoms with Crippen molar-refractivity contribution in [1.82, 2.24) is 9.80 Å². The van der Waals surface area contributed by atoms with E-state index in [4.69, 9.17) is 4.42 Å². The van der Waals surface area contributed by atoms with Crippen LogP contribution in [0.15, 0.2) is 47.1 Å². The van der Waals surface area contributed by atoms with Crippen molar-refractivity contribution in [2.24, 2.45) is 5.92 Å². The summed E-state index contributed by atoms with van der Waals surface area (Å²) in [6, 6.07) is 9.37. The van der Waals surface area contributed by atoms with Gasteiger partial charge < -0.3 is 14.2 Å². The summed E-state index contributed by atoms with van der Waals surface area (Å²) in [5.41, 5.74) is 0.871. The van der Waals surface area contributed by atoms with Gasteiger partial charge in [0.15, 0.2) is 5.76 Å². The van der Waals surface area contributed by atoms with Crippen molar-refractivity contribution < 1.29 is 18.4 Å². The number of carbonyl (C=O) groups excluding carboxylic acids is 2. The van der Waals surface area contributed by atoms with Gasteiger partial charge in [0.05, 0.1) is 12.3 Å². The number of nitrogens with zero attached hydrogens (tertiary/aromatic N) is 2. The molecular formula is C20H23FN2O3. The van der Waals surface area contributed by atoms with E-state index in [9.17, 15) is 14.0 Å². The maximum atomic E-state index is 13.2. The summed E-state index contributed by atoms with van der Waals surface area (Å²) in [5, 5.41) is 0. The second kappa shape index (κ2) is 7.72. The van der Waals surface area contributed by atoms with Crippen molar-refractivity contribution in [3.63, 3.8) is 0 Å². The molecule has 1 aromatic carbocycles. The zero-order valence-electron chi connectivity index (χ0n) is 15.0. The highest BCUT2D eigenvalue weighted by Crippen LogP contribution is 2.22. The second-order valence-corrected chi connectivity index (χ2v) is 6.94. The highest BCUT2D eigenvalue weighted by Gasteiger charge is 2.34. The quantitative estimate of drug-likeness (QED) is 0.842. The van der Waals surface area contributed by atoms with Gasteiger partial charge in [-0.05, 0) is 35.7 Å². The van der Waals surface area contributed by atoms with Crippen molar-refractivity contribution in [3.8, 4) is 0 Å². The van der Waals surface area contributed by atoms with Crippen LogP contribution >= 0.6 is 0 Å². The zero-order valence-corrected chi connectivity index (χ0v) is 15.0. The predicted molar refractivity (Wildman–Crippen MR) is 94.8 cm³/mol. The fraction of sp³-hybridized carbons (Fsp3) is 0.400. The van der Waals surface area contributed by atoms with Gasteiger partial charge in [0, 0.05) is 26.1 Å². The van der Waals surface area contributed by atoms with E-state index in [2.05, 4.69) is 0 Å². The highest BCUT2D eigenvalue weighted by molar-refractivity contribution is 5.92. The lowest BCUT2D eigenvalue weighted by Crippen LogP contribution is -2.47. The molecule has 0 bridgehead atoms. The van der Waals surface area contributed by atoms with Crippen LogP contribution in [0.3, 0.4) is 0 Å². The average molecular weight is 358 g/mol. The van der Waals surface area contributed by atoms with E-state index < -0.39 is 0 Å². The number of halogens is 1. The fourth-order valence-electron chi connectivity index (χ4n) is 3.28. The first-order valence-electron chi connectivity index (χ1n) is 8.82. The molecule has 0 spiro atoms. The number of hydrogen-bond acceptors (Lipinski definition) is 3. The van der Waals surface area contributed by atoms with Crippen LogP contribution in [0.25, 0.3) is 0 Å². The first kappa shape index (κ1) is 18.2. The zero-order chi connectivity index (χ0) is 18.7. The standard InChI is InChI=1S/C20H23FN2O3/c1-14(2)17-13-22(20(25)18-4-3-11-26-18)10-9-19(24)23(17)12-15-5-7-16(21)8-6-15/h3-8,11,14,17H,9-10,12-13H2,1-2H3. The lowest BCUT2D eigenvalue weighted by molar-refractivity contribution is -0.134. The Labute approximate surface area is 152 Å². The van der Waals surface area contributed by atoms with E-state index in [0.717, 1.165) is 5.56 Å². The molecule has 0 N–H and O–H groups in total. The average Bonchev–Trinajstić information content (AvgIpc) is 3.10. The third-order valence-electron chi connectivity index (χ3n) is 4.78. The molecule has 0 aliphatic carbocycles. The number of furan rings is 1. The molecule has 1 fully saturated rings. The Bertz CT molecular complexity index is 756. The summed E-state index contributed by atoms with van der Waals surface area (Å²) in [7, 11) is 0. The summed E-state index contributed by atoms with van der Waals surface area (Å²) in [4.78, 5) is 28.9. The van der Waals surface area contributed by atoms with Gasteiger partial charge in [0.1, 0.15) is 5.82 Å². The SMILES string of the molecule is CC(C)C1CN(C(=O)c2ccco2)CCC(=O)N1Cc1ccc(F)cc1. The Kier molecular flexibility index (Phi) is 5.40.